The molecule has 2 aromatic carbocycles. The number of benzene rings is 2. The van der Waals surface area contributed by atoms with E-state index in [0.717, 1.165) is 3.57 Å². The second-order valence-corrected chi connectivity index (χ2v) is 7.19. The standard InChI is InChI=1S/C19H16ClIN2O4/c1-3-27-16-9-11(8-15(21)17(16)26-2)7-14-18(24)22-23(19(14)25)13-6-4-5-12(20)10-13/h4-10H,3H2,1-2H3,(H,22,24)/b14-7-. The van der Waals surface area contributed by atoms with Gasteiger partial charge >= 0.3 is 0 Å². The van der Waals surface area contributed by atoms with Crippen LogP contribution in [-0.4, -0.2) is 25.5 Å². The maximum Gasteiger partial charge on any atom is 0.282 e. The lowest BCUT2D eigenvalue weighted by atomic mass is 10.1. The van der Waals surface area contributed by atoms with E-state index >= 15 is 0 Å². The summed E-state index contributed by atoms with van der Waals surface area (Å²) in [5, 5.41) is 1.65. The van der Waals surface area contributed by atoms with Crippen molar-refractivity contribution in [2.45, 2.75) is 6.92 Å². The Morgan fingerprint density at radius 2 is 2.04 bits per heavy atom. The van der Waals surface area contributed by atoms with E-state index in [1.54, 1.807) is 37.4 Å². The average molecular weight is 499 g/mol. The summed E-state index contributed by atoms with van der Waals surface area (Å²) >= 11 is 8.10. The molecule has 1 saturated heterocycles. The minimum absolute atomic E-state index is 0.0263. The van der Waals surface area contributed by atoms with E-state index in [-0.39, 0.29) is 5.57 Å². The summed E-state index contributed by atoms with van der Waals surface area (Å²) in [6.45, 7) is 2.34. The summed E-state index contributed by atoms with van der Waals surface area (Å²) in [7, 11) is 1.56. The minimum Gasteiger partial charge on any atom is -0.492 e. The fraction of sp³-hybridized carbons (Fsp3) is 0.158. The highest BCUT2D eigenvalue weighted by Gasteiger charge is 2.34. The second-order valence-electron chi connectivity index (χ2n) is 5.59. The molecule has 2 aromatic rings. The molecule has 140 valence electrons. The van der Waals surface area contributed by atoms with E-state index in [1.165, 1.54) is 11.1 Å². The smallest absolute Gasteiger partial charge is 0.282 e. The molecule has 0 atom stereocenters. The van der Waals surface area contributed by atoms with Crippen molar-refractivity contribution in [3.63, 3.8) is 0 Å². The molecule has 0 bridgehead atoms. The molecule has 1 aliphatic heterocycles. The van der Waals surface area contributed by atoms with Crippen molar-refractivity contribution in [2.75, 3.05) is 18.7 Å². The first kappa shape index (κ1) is 19.5. The lowest BCUT2D eigenvalue weighted by molar-refractivity contribution is -0.117. The van der Waals surface area contributed by atoms with Crippen LogP contribution in [0.3, 0.4) is 0 Å². The van der Waals surface area contributed by atoms with Gasteiger partial charge in [0.15, 0.2) is 11.5 Å². The van der Waals surface area contributed by atoms with E-state index in [2.05, 4.69) is 28.0 Å². The first-order chi connectivity index (χ1) is 12.9. The zero-order chi connectivity index (χ0) is 19.6. The molecule has 1 N–H and O–H groups in total. The number of nitrogens with one attached hydrogen (secondary N) is 1. The zero-order valence-corrected chi connectivity index (χ0v) is 17.5. The zero-order valence-electron chi connectivity index (χ0n) is 14.6. The first-order valence-electron chi connectivity index (χ1n) is 8.07. The summed E-state index contributed by atoms with van der Waals surface area (Å²) in [4.78, 5) is 25.1. The molecule has 0 saturated carbocycles. The van der Waals surface area contributed by atoms with Gasteiger partial charge in [0.2, 0.25) is 0 Å². The topological polar surface area (TPSA) is 67.9 Å². The van der Waals surface area contributed by atoms with Gasteiger partial charge in [-0.1, -0.05) is 17.7 Å². The number of carbonyl (C=O) groups is 2. The van der Waals surface area contributed by atoms with Crippen molar-refractivity contribution in [3.05, 3.63) is 56.1 Å². The minimum atomic E-state index is -0.483. The highest BCUT2D eigenvalue weighted by atomic mass is 127. The molecule has 0 aliphatic carbocycles. The van der Waals surface area contributed by atoms with E-state index < -0.39 is 11.8 Å². The number of hydrogen-bond donors (Lipinski definition) is 1. The van der Waals surface area contributed by atoms with Crippen LogP contribution in [0.5, 0.6) is 11.5 Å². The monoisotopic (exact) mass is 498 g/mol. The van der Waals surface area contributed by atoms with Crippen molar-refractivity contribution in [1.82, 2.24) is 5.43 Å². The van der Waals surface area contributed by atoms with Crippen LogP contribution in [0.25, 0.3) is 6.08 Å². The van der Waals surface area contributed by atoms with Gasteiger partial charge < -0.3 is 9.47 Å². The Balaban J connectivity index is 1.97. The molecule has 1 aliphatic rings. The molecule has 8 heteroatoms. The van der Waals surface area contributed by atoms with Gasteiger partial charge in [-0.2, -0.15) is 0 Å². The number of nitrogens with zero attached hydrogens (tertiary/aromatic N) is 1. The first-order valence-corrected chi connectivity index (χ1v) is 9.53. The predicted octanol–water partition coefficient (Wildman–Crippen LogP) is 3.81. The molecule has 1 fully saturated rings. The highest BCUT2D eigenvalue weighted by Crippen LogP contribution is 2.35. The summed E-state index contributed by atoms with van der Waals surface area (Å²) < 4.78 is 11.8. The summed E-state index contributed by atoms with van der Waals surface area (Å²) in [5.74, 6) is 0.230. The van der Waals surface area contributed by atoms with Crippen LogP contribution in [0, 0.1) is 3.57 Å². The van der Waals surface area contributed by atoms with Gasteiger partial charge in [0.05, 0.1) is 23.0 Å². The maximum absolute atomic E-state index is 12.7. The van der Waals surface area contributed by atoms with Gasteiger partial charge in [-0.3, -0.25) is 15.0 Å². The number of halogens is 2. The molecule has 0 radical (unpaired) electrons. The van der Waals surface area contributed by atoms with Gasteiger partial charge in [-0.15, -0.1) is 0 Å². The van der Waals surface area contributed by atoms with Gasteiger partial charge in [-0.25, -0.2) is 5.01 Å². The summed E-state index contributed by atoms with van der Waals surface area (Å²) in [6.07, 6.45) is 1.53. The van der Waals surface area contributed by atoms with Crippen LogP contribution < -0.4 is 19.9 Å². The van der Waals surface area contributed by atoms with Gasteiger partial charge in [0, 0.05) is 5.02 Å². The molecular formula is C19H16ClIN2O4. The number of anilines is 1. The SMILES string of the molecule is CCOc1cc(/C=C2/C(=O)NN(c3cccc(Cl)c3)C2=O)cc(I)c1OC. The Labute approximate surface area is 175 Å². The van der Waals surface area contributed by atoms with Crippen molar-refractivity contribution in [1.29, 1.82) is 0 Å². The molecule has 1 heterocycles. The molecular weight excluding hydrogens is 483 g/mol. The maximum atomic E-state index is 12.7. The molecule has 2 amide bonds. The Hall–Kier alpha value is -2.26. The third kappa shape index (κ3) is 4.03. The number of methoxy groups -OCH3 is 1. The van der Waals surface area contributed by atoms with Gasteiger partial charge in [0.1, 0.15) is 5.57 Å². The summed E-state index contributed by atoms with van der Waals surface area (Å²) in [6, 6.07) is 10.2. The van der Waals surface area contributed by atoms with Crippen LogP contribution in [0.15, 0.2) is 42.0 Å². The number of rotatable bonds is 5. The van der Waals surface area contributed by atoms with E-state index in [4.69, 9.17) is 21.1 Å². The molecule has 0 aromatic heterocycles. The van der Waals surface area contributed by atoms with Gasteiger partial charge in [0.25, 0.3) is 11.8 Å². The van der Waals surface area contributed by atoms with Crippen LogP contribution in [0.2, 0.25) is 5.02 Å². The van der Waals surface area contributed by atoms with Crippen LogP contribution in [0.1, 0.15) is 12.5 Å². The number of ether oxygens (including phenoxy) is 2. The number of hydrazine groups is 1. The molecule has 27 heavy (non-hydrogen) atoms. The lowest BCUT2D eigenvalue weighted by Crippen LogP contribution is -2.35. The Morgan fingerprint density at radius 1 is 1.26 bits per heavy atom. The van der Waals surface area contributed by atoms with Gasteiger partial charge in [-0.05, 0) is 71.5 Å². The molecule has 0 spiro atoms. The average Bonchev–Trinajstić information content (AvgIpc) is 2.90. The van der Waals surface area contributed by atoms with E-state index in [1.807, 2.05) is 13.0 Å². The third-order valence-electron chi connectivity index (χ3n) is 3.80. The fourth-order valence-corrected chi connectivity index (χ4v) is 3.68. The Kier molecular flexibility index (Phi) is 5.91. The van der Waals surface area contributed by atoms with Crippen LogP contribution in [0.4, 0.5) is 5.69 Å². The third-order valence-corrected chi connectivity index (χ3v) is 4.84. The van der Waals surface area contributed by atoms with Crippen molar-refractivity contribution in [2.24, 2.45) is 0 Å². The molecule has 6 nitrogen and oxygen atoms in total. The number of carbonyl (C=O) groups excluding carboxylic acids is 2. The Morgan fingerprint density at radius 3 is 2.70 bits per heavy atom. The van der Waals surface area contributed by atoms with Crippen LogP contribution in [-0.2, 0) is 9.59 Å². The number of hydrogen-bond acceptors (Lipinski definition) is 4. The van der Waals surface area contributed by atoms with Crippen molar-refractivity contribution in [3.8, 4) is 11.5 Å². The second kappa shape index (κ2) is 8.18. The van der Waals surface area contributed by atoms with E-state index in [0.29, 0.717) is 34.4 Å². The quantitative estimate of drug-likeness (QED) is 0.387. The van der Waals surface area contributed by atoms with E-state index in [9.17, 15) is 9.59 Å². The summed E-state index contributed by atoms with van der Waals surface area (Å²) in [5.41, 5.74) is 3.73. The predicted molar refractivity (Wildman–Crippen MR) is 112 cm³/mol. The fourth-order valence-electron chi connectivity index (χ4n) is 2.65. The lowest BCUT2D eigenvalue weighted by Gasteiger charge is -2.14. The Bertz CT molecular complexity index is 945. The van der Waals surface area contributed by atoms with Crippen molar-refractivity contribution < 1.29 is 19.1 Å². The molecule has 3 rings (SSSR count). The number of amides is 2. The van der Waals surface area contributed by atoms with Crippen molar-refractivity contribution >= 4 is 57.8 Å². The van der Waals surface area contributed by atoms with Crippen LogP contribution >= 0.6 is 34.2 Å². The molecule has 0 unspecified atom stereocenters. The normalized spacial score (nSPS) is 15.3. The highest BCUT2D eigenvalue weighted by molar-refractivity contribution is 14.1. The largest absolute Gasteiger partial charge is 0.492 e.